The van der Waals surface area contributed by atoms with Crippen molar-refractivity contribution < 1.29 is 18.7 Å². The number of hydrogen-bond donors (Lipinski definition) is 0. The number of rotatable bonds is 10. The normalized spacial score (nSPS) is 18.5. The van der Waals surface area contributed by atoms with Gasteiger partial charge in [0.15, 0.2) is 17.3 Å². The molecule has 220 valence electrons. The summed E-state index contributed by atoms with van der Waals surface area (Å²) < 4.78 is 26.4. The highest BCUT2D eigenvalue weighted by molar-refractivity contribution is 5.98. The monoisotopic (exact) mass is 570 g/mol. The number of imidazole rings is 1. The minimum atomic E-state index is -0.264. The lowest BCUT2D eigenvalue weighted by atomic mass is 9.92. The molecule has 0 N–H and O–H groups in total. The van der Waals surface area contributed by atoms with E-state index in [9.17, 15) is 9.18 Å². The summed E-state index contributed by atoms with van der Waals surface area (Å²) in [5.41, 5.74) is 4.00. The van der Waals surface area contributed by atoms with E-state index < -0.39 is 0 Å². The predicted octanol–water partition coefficient (Wildman–Crippen LogP) is 5.63. The molecule has 1 atom stereocenters. The Morgan fingerprint density at radius 3 is 2.36 bits per heavy atom. The number of halogens is 1. The maximum absolute atomic E-state index is 13.8. The highest BCUT2D eigenvalue weighted by atomic mass is 19.1. The molecule has 6 rings (SSSR count). The summed E-state index contributed by atoms with van der Waals surface area (Å²) in [6.45, 7) is 6.52. The van der Waals surface area contributed by atoms with Crippen LogP contribution in [0.25, 0.3) is 11.0 Å². The largest absolute Gasteiger partial charge is 0.493 e. The third-order valence-corrected chi connectivity index (χ3v) is 8.97. The molecule has 42 heavy (non-hydrogen) atoms. The fourth-order valence-corrected chi connectivity index (χ4v) is 6.49. The van der Waals surface area contributed by atoms with E-state index in [1.807, 2.05) is 34.9 Å². The van der Waals surface area contributed by atoms with Crippen LogP contribution >= 0.6 is 0 Å². The van der Waals surface area contributed by atoms with Crippen LogP contribution in [0.2, 0.25) is 0 Å². The molecule has 0 radical (unpaired) electrons. The molecule has 2 aliphatic rings. The van der Waals surface area contributed by atoms with Crippen LogP contribution in [-0.4, -0.2) is 78.6 Å². The van der Waals surface area contributed by atoms with E-state index >= 15 is 0 Å². The first-order valence-electron chi connectivity index (χ1n) is 14.9. The number of para-hydroxylation sites is 2. The average Bonchev–Trinajstić information content (AvgIpc) is 3.66. The Morgan fingerprint density at radius 2 is 1.60 bits per heavy atom. The van der Waals surface area contributed by atoms with Crippen molar-refractivity contribution in [1.29, 1.82) is 0 Å². The molecule has 2 saturated heterocycles. The van der Waals surface area contributed by atoms with Gasteiger partial charge in [0.05, 0.1) is 25.3 Å². The lowest BCUT2D eigenvalue weighted by Gasteiger charge is -2.32. The second-order valence-corrected chi connectivity index (χ2v) is 11.5. The highest BCUT2D eigenvalue weighted by Gasteiger charge is 2.30. The predicted molar refractivity (Wildman–Crippen MR) is 162 cm³/mol. The molecular formula is C34H39FN4O3. The molecule has 4 aromatic rings. The lowest BCUT2D eigenvalue weighted by Crippen LogP contribution is -2.41. The molecule has 0 amide bonds. The van der Waals surface area contributed by atoms with Crippen molar-refractivity contribution in [3.8, 4) is 11.5 Å². The number of ketones is 1. The first-order chi connectivity index (χ1) is 20.5. The summed E-state index contributed by atoms with van der Waals surface area (Å²) in [5.74, 6) is 2.39. The highest BCUT2D eigenvalue weighted by Crippen LogP contribution is 2.34. The van der Waals surface area contributed by atoms with Gasteiger partial charge in [-0.25, -0.2) is 9.37 Å². The van der Waals surface area contributed by atoms with Crippen LogP contribution in [0.5, 0.6) is 11.5 Å². The number of carbonyl (C=O) groups excluding carboxylic acids is 1. The minimum Gasteiger partial charge on any atom is -0.493 e. The van der Waals surface area contributed by atoms with E-state index in [0.717, 1.165) is 86.6 Å². The fraction of sp³-hybridized carbons (Fsp3) is 0.412. The lowest BCUT2D eigenvalue weighted by molar-refractivity contribution is 0.0818. The molecule has 1 aromatic heterocycles. The van der Waals surface area contributed by atoms with Crippen LogP contribution in [0.4, 0.5) is 4.39 Å². The number of Topliss-reactive ketones (excluding diaryl/α,β-unsaturated/α-hetero) is 1. The van der Waals surface area contributed by atoms with Gasteiger partial charge in [-0.2, -0.15) is 0 Å². The fourth-order valence-electron chi connectivity index (χ4n) is 6.49. The van der Waals surface area contributed by atoms with E-state index in [2.05, 4.69) is 21.9 Å². The maximum atomic E-state index is 13.8. The van der Waals surface area contributed by atoms with Crippen LogP contribution in [0.3, 0.4) is 0 Å². The van der Waals surface area contributed by atoms with Gasteiger partial charge in [0, 0.05) is 32.1 Å². The van der Waals surface area contributed by atoms with Crippen LogP contribution in [0.15, 0.2) is 66.7 Å². The van der Waals surface area contributed by atoms with Gasteiger partial charge in [0.25, 0.3) is 0 Å². The molecule has 1 unspecified atom stereocenters. The van der Waals surface area contributed by atoms with E-state index in [-0.39, 0.29) is 17.5 Å². The number of methoxy groups -OCH3 is 2. The Bertz CT molecular complexity index is 1530. The third-order valence-electron chi connectivity index (χ3n) is 8.97. The molecule has 0 bridgehead atoms. The van der Waals surface area contributed by atoms with Gasteiger partial charge >= 0.3 is 0 Å². The molecule has 2 aliphatic heterocycles. The van der Waals surface area contributed by atoms with E-state index in [4.69, 9.17) is 14.5 Å². The van der Waals surface area contributed by atoms with Gasteiger partial charge in [-0.1, -0.05) is 30.3 Å². The van der Waals surface area contributed by atoms with Crippen LogP contribution in [0.1, 0.15) is 46.9 Å². The smallest absolute Gasteiger partial charge is 0.201 e. The molecule has 0 aliphatic carbocycles. The van der Waals surface area contributed by atoms with Gasteiger partial charge in [-0.15, -0.1) is 0 Å². The van der Waals surface area contributed by atoms with Gasteiger partial charge in [0.1, 0.15) is 5.82 Å². The summed E-state index contributed by atoms with van der Waals surface area (Å²) in [6, 6.07) is 20.6. The van der Waals surface area contributed by atoms with Crippen LogP contribution < -0.4 is 9.47 Å². The zero-order chi connectivity index (χ0) is 29.1. The molecular weight excluding hydrogens is 531 g/mol. The summed E-state index contributed by atoms with van der Waals surface area (Å²) in [5, 5.41) is 0. The zero-order valence-corrected chi connectivity index (χ0v) is 24.5. The van der Waals surface area contributed by atoms with Gasteiger partial charge in [0.2, 0.25) is 5.78 Å². The first kappa shape index (κ1) is 28.4. The van der Waals surface area contributed by atoms with Crippen molar-refractivity contribution in [3.05, 3.63) is 89.5 Å². The molecule has 2 fully saturated rings. The van der Waals surface area contributed by atoms with Crippen LogP contribution in [-0.2, 0) is 6.54 Å². The number of carbonyl (C=O) groups is 1. The van der Waals surface area contributed by atoms with Crippen molar-refractivity contribution in [1.82, 2.24) is 19.4 Å². The number of aromatic nitrogens is 2. The van der Waals surface area contributed by atoms with Crippen molar-refractivity contribution in [2.75, 3.05) is 53.5 Å². The number of hydrogen-bond acceptors (Lipinski definition) is 6. The van der Waals surface area contributed by atoms with Gasteiger partial charge < -0.3 is 23.8 Å². The second kappa shape index (κ2) is 12.6. The number of nitrogens with zero attached hydrogens (tertiary/aromatic N) is 4. The average molecular weight is 571 g/mol. The number of likely N-dealkylation sites (tertiary alicyclic amines) is 2. The number of benzene rings is 3. The molecule has 3 heterocycles. The van der Waals surface area contributed by atoms with Gasteiger partial charge in [-0.05, 0) is 92.3 Å². The van der Waals surface area contributed by atoms with E-state index in [0.29, 0.717) is 18.3 Å². The van der Waals surface area contributed by atoms with Crippen molar-refractivity contribution in [2.24, 2.45) is 5.92 Å². The topological polar surface area (TPSA) is 59.8 Å². The molecule has 7 nitrogen and oxygen atoms in total. The SMILES string of the molecule is COc1ccc(C2CCN(CCN3CCC(C(=O)c4nc5ccccc5n4Cc4ccc(F)cc4)CC3)C2)cc1OC. The third kappa shape index (κ3) is 6.05. The molecule has 0 saturated carbocycles. The Balaban J connectivity index is 1.04. The van der Waals surface area contributed by atoms with E-state index in [1.165, 1.54) is 17.7 Å². The molecule has 3 aromatic carbocycles. The minimum absolute atomic E-state index is 0.0359. The Hall–Kier alpha value is -3.75. The Morgan fingerprint density at radius 1 is 0.881 bits per heavy atom. The van der Waals surface area contributed by atoms with Crippen LogP contribution in [0, 0.1) is 11.7 Å². The second-order valence-electron chi connectivity index (χ2n) is 11.5. The van der Waals surface area contributed by atoms with Crippen molar-refractivity contribution >= 4 is 16.8 Å². The van der Waals surface area contributed by atoms with Gasteiger partial charge in [-0.3, -0.25) is 4.79 Å². The molecule has 8 heteroatoms. The zero-order valence-electron chi connectivity index (χ0n) is 24.5. The summed E-state index contributed by atoms with van der Waals surface area (Å²) in [6.07, 6.45) is 2.82. The standard InChI is InChI=1S/C34H39FN4O3/c1-41-31-12-9-26(21-32(31)42-2)27-15-18-38(23-27)20-19-37-16-13-25(14-17-37)33(40)34-36-29-5-3-4-6-30(29)39(34)22-24-7-10-28(35)11-8-24/h3-12,21,25,27H,13-20,22-23H2,1-2H3. The number of fused-ring (bicyclic) bond motifs is 1. The Kier molecular flexibility index (Phi) is 8.53. The molecule has 0 spiro atoms. The van der Waals surface area contributed by atoms with Crippen molar-refractivity contribution in [3.63, 3.8) is 0 Å². The Labute approximate surface area is 246 Å². The number of ether oxygens (including phenoxy) is 2. The maximum Gasteiger partial charge on any atom is 0.201 e. The number of piperidine rings is 1. The summed E-state index contributed by atoms with van der Waals surface area (Å²) in [4.78, 5) is 23.6. The summed E-state index contributed by atoms with van der Waals surface area (Å²) >= 11 is 0. The van der Waals surface area contributed by atoms with Crippen molar-refractivity contribution in [2.45, 2.75) is 31.7 Å². The first-order valence-corrected chi connectivity index (χ1v) is 14.9. The quantitative estimate of drug-likeness (QED) is 0.231. The van der Waals surface area contributed by atoms with E-state index in [1.54, 1.807) is 26.4 Å². The summed E-state index contributed by atoms with van der Waals surface area (Å²) in [7, 11) is 3.35.